The van der Waals surface area contributed by atoms with Gasteiger partial charge in [-0.1, -0.05) is 42.5 Å². The van der Waals surface area contributed by atoms with Crippen molar-refractivity contribution in [2.24, 2.45) is 0 Å². The molecule has 0 saturated carbocycles. The summed E-state index contributed by atoms with van der Waals surface area (Å²) in [5, 5.41) is 2.97. The van der Waals surface area contributed by atoms with Crippen molar-refractivity contribution >= 4 is 5.91 Å². The molecule has 2 aromatic rings. The van der Waals surface area contributed by atoms with Crippen LogP contribution in [0.3, 0.4) is 0 Å². The van der Waals surface area contributed by atoms with Gasteiger partial charge >= 0.3 is 0 Å². The van der Waals surface area contributed by atoms with Crippen molar-refractivity contribution in [2.75, 3.05) is 0 Å². The first-order valence-corrected chi connectivity index (χ1v) is 7.15. The molecule has 1 amide bonds. The van der Waals surface area contributed by atoms with Gasteiger partial charge in [0, 0.05) is 0 Å². The highest BCUT2D eigenvalue weighted by atomic mass is 16.5. The Morgan fingerprint density at radius 1 is 1.05 bits per heavy atom. The van der Waals surface area contributed by atoms with Crippen LogP contribution in [-0.2, 0) is 4.79 Å². The lowest BCUT2D eigenvalue weighted by molar-refractivity contribution is -0.127. The van der Waals surface area contributed by atoms with Crippen LogP contribution in [0.5, 0.6) is 5.75 Å². The van der Waals surface area contributed by atoms with E-state index in [1.807, 2.05) is 68.4 Å². The fourth-order valence-electron chi connectivity index (χ4n) is 2.10. The van der Waals surface area contributed by atoms with Crippen LogP contribution in [0, 0.1) is 6.92 Å². The zero-order chi connectivity index (χ0) is 15.2. The van der Waals surface area contributed by atoms with Crippen LogP contribution in [0.1, 0.15) is 31.0 Å². The molecule has 0 radical (unpaired) electrons. The molecule has 3 heteroatoms. The van der Waals surface area contributed by atoms with E-state index < -0.39 is 6.10 Å². The highest BCUT2D eigenvalue weighted by molar-refractivity contribution is 5.81. The summed E-state index contributed by atoms with van der Waals surface area (Å²) in [7, 11) is 0. The molecule has 21 heavy (non-hydrogen) atoms. The minimum atomic E-state index is -0.530. The quantitative estimate of drug-likeness (QED) is 0.909. The average molecular weight is 283 g/mol. The summed E-state index contributed by atoms with van der Waals surface area (Å²) in [5.74, 6) is 0.595. The summed E-state index contributed by atoms with van der Waals surface area (Å²) < 4.78 is 5.68. The molecule has 0 saturated heterocycles. The molecule has 2 rings (SSSR count). The minimum absolute atomic E-state index is 0.0396. The number of hydrogen-bond acceptors (Lipinski definition) is 2. The lowest BCUT2D eigenvalue weighted by Crippen LogP contribution is -2.37. The van der Waals surface area contributed by atoms with Gasteiger partial charge in [-0.25, -0.2) is 0 Å². The summed E-state index contributed by atoms with van der Waals surface area (Å²) in [6.45, 7) is 5.72. The Hall–Kier alpha value is -2.29. The van der Waals surface area contributed by atoms with Gasteiger partial charge in [-0.15, -0.1) is 0 Å². The van der Waals surface area contributed by atoms with Crippen molar-refractivity contribution in [1.82, 2.24) is 5.32 Å². The number of ether oxygens (including phenoxy) is 1. The van der Waals surface area contributed by atoms with E-state index in [4.69, 9.17) is 4.74 Å². The number of amides is 1. The highest BCUT2D eigenvalue weighted by Crippen LogP contribution is 2.15. The van der Waals surface area contributed by atoms with Gasteiger partial charge < -0.3 is 10.1 Å². The molecule has 110 valence electrons. The standard InChI is InChI=1S/C18H21NO2/c1-13-8-7-11-17(12-13)21-15(3)18(20)19-14(2)16-9-5-4-6-10-16/h4-12,14-15H,1-3H3,(H,19,20)/t14-,15?/m1/s1. The third-order valence-corrected chi connectivity index (χ3v) is 3.33. The van der Waals surface area contributed by atoms with Crippen LogP contribution in [-0.4, -0.2) is 12.0 Å². The molecule has 3 nitrogen and oxygen atoms in total. The van der Waals surface area contributed by atoms with Crippen molar-refractivity contribution < 1.29 is 9.53 Å². The Labute approximate surface area is 126 Å². The van der Waals surface area contributed by atoms with E-state index in [2.05, 4.69) is 5.32 Å². The number of benzene rings is 2. The predicted octanol–water partition coefficient (Wildman–Crippen LogP) is 3.64. The average Bonchev–Trinajstić information content (AvgIpc) is 2.48. The maximum atomic E-state index is 12.2. The summed E-state index contributed by atoms with van der Waals surface area (Å²) in [6, 6.07) is 17.5. The second-order valence-electron chi connectivity index (χ2n) is 5.22. The Morgan fingerprint density at radius 2 is 1.76 bits per heavy atom. The lowest BCUT2D eigenvalue weighted by atomic mass is 10.1. The summed E-state index contributed by atoms with van der Waals surface area (Å²) in [5.41, 5.74) is 2.19. The number of nitrogens with one attached hydrogen (secondary N) is 1. The summed E-state index contributed by atoms with van der Waals surface area (Å²) in [4.78, 5) is 12.2. The second kappa shape index (κ2) is 6.93. The molecule has 0 aliphatic carbocycles. The van der Waals surface area contributed by atoms with E-state index in [1.165, 1.54) is 0 Å². The molecule has 2 aromatic carbocycles. The molecule has 0 spiro atoms. The summed E-state index contributed by atoms with van der Waals surface area (Å²) in [6.07, 6.45) is -0.530. The number of aryl methyl sites for hydroxylation is 1. The third-order valence-electron chi connectivity index (χ3n) is 3.33. The molecule has 0 aromatic heterocycles. The molecule has 1 N–H and O–H groups in total. The van der Waals surface area contributed by atoms with Gasteiger partial charge in [-0.05, 0) is 44.0 Å². The molecule has 0 aliphatic rings. The van der Waals surface area contributed by atoms with Crippen LogP contribution in [0.15, 0.2) is 54.6 Å². The molecular weight excluding hydrogens is 262 g/mol. The monoisotopic (exact) mass is 283 g/mol. The van der Waals surface area contributed by atoms with Gasteiger partial charge in [0.05, 0.1) is 6.04 Å². The van der Waals surface area contributed by atoms with E-state index in [1.54, 1.807) is 6.92 Å². The first-order valence-electron chi connectivity index (χ1n) is 7.15. The van der Waals surface area contributed by atoms with E-state index in [0.717, 1.165) is 11.1 Å². The molecule has 0 aliphatic heterocycles. The molecule has 0 fully saturated rings. The van der Waals surface area contributed by atoms with Crippen LogP contribution in [0.2, 0.25) is 0 Å². The topological polar surface area (TPSA) is 38.3 Å². The van der Waals surface area contributed by atoms with Gasteiger partial charge in [0.15, 0.2) is 6.10 Å². The first-order chi connectivity index (χ1) is 10.1. The van der Waals surface area contributed by atoms with E-state index in [-0.39, 0.29) is 11.9 Å². The Kier molecular flexibility index (Phi) is 4.99. The Bertz CT molecular complexity index is 595. The van der Waals surface area contributed by atoms with Crippen molar-refractivity contribution in [2.45, 2.75) is 32.9 Å². The minimum Gasteiger partial charge on any atom is -0.481 e. The maximum Gasteiger partial charge on any atom is 0.261 e. The van der Waals surface area contributed by atoms with E-state index >= 15 is 0 Å². The third kappa shape index (κ3) is 4.35. The highest BCUT2D eigenvalue weighted by Gasteiger charge is 2.17. The number of carbonyl (C=O) groups is 1. The first kappa shape index (κ1) is 15.1. The normalized spacial score (nSPS) is 13.3. The van der Waals surface area contributed by atoms with E-state index in [0.29, 0.717) is 5.75 Å². The van der Waals surface area contributed by atoms with Crippen LogP contribution >= 0.6 is 0 Å². The second-order valence-corrected chi connectivity index (χ2v) is 5.22. The largest absolute Gasteiger partial charge is 0.481 e. The molecular formula is C18H21NO2. The van der Waals surface area contributed by atoms with Crippen LogP contribution < -0.4 is 10.1 Å². The predicted molar refractivity (Wildman–Crippen MR) is 84.3 cm³/mol. The zero-order valence-corrected chi connectivity index (χ0v) is 12.7. The molecule has 2 atom stereocenters. The Morgan fingerprint density at radius 3 is 2.43 bits per heavy atom. The van der Waals surface area contributed by atoms with Crippen molar-refractivity contribution in [1.29, 1.82) is 0 Å². The van der Waals surface area contributed by atoms with Gasteiger partial charge in [0.2, 0.25) is 0 Å². The molecule has 0 heterocycles. The van der Waals surface area contributed by atoms with Crippen molar-refractivity contribution in [3.05, 3.63) is 65.7 Å². The number of rotatable bonds is 5. The van der Waals surface area contributed by atoms with Gasteiger partial charge in [0.25, 0.3) is 5.91 Å². The molecule has 0 bridgehead atoms. The van der Waals surface area contributed by atoms with Crippen LogP contribution in [0.25, 0.3) is 0 Å². The maximum absolute atomic E-state index is 12.2. The SMILES string of the molecule is Cc1cccc(OC(C)C(=O)N[C@H](C)c2ccccc2)c1. The van der Waals surface area contributed by atoms with Crippen molar-refractivity contribution in [3.8, 4) is 5.75 Å². The fraction of sp³-hybridized carbons (Fsp3) is 0.278. The summed E-state index contributed by atoms with van der Waals surface area (Å²) >= 11 is 0. The zero-order valence-electron chi connectivity index (χ0n) is 12.7. The van der Waals surface area contributed by atoms with Gasteiger partial charge in [-0.2, -0.15) is 0 Å². The smallest absolute Gasteiger partial charge is 0.261 e. The van der Waals surface area contributed by atoms with Gasteiger partial charge in [-0.3, -0.25) is 4.79 Å². The lowest BCUT2D eigenvalue weighted by Gasteiger charge is -2.19. The van der Waals surface area contributed by atoms with Crippen molar-refractivity contribution in [3.63, 3.8) is 0 Å². The van der Waals surface area contributed by atoms with Crippen LogP contribution in [0.4, 0.5) is 0 Å². The number of carbonyl (C=O) groups excluding carboxylic acids is 1. The molecule has 1 unspecified atom stereocenters. The van der Waals surface area contributed by atoms with Gasteiger partial charge in [0.1, 0.15) is 5.75 Å². The number of hydrogen-bond donors (Lipinski definition) is 1. The Balaban J connectivity index is 1.94. The fourth-order valence-corrected chi connectivity index (χ4v) is 2.10. The van der Waals surface area contributed by atoms with E-state index in [9.17, 15) is 4.79 Å².